The molecule has 1 rings (SSSR count). The Balaban J connectivity index is 3.10. The van der Waals surface area contributed by atoms with Gasteiger partial charge in [-0.25, -0.2) is 5.43 Å². The van der Waals surface area contributed by atoms with Crippen LogP contribution in [0.3, 0.4) is 0 Å². The van der Waals surface area contributed by atoms with Crippen molar-refractivity contribution in [3.63, 3.8) is 0 Å². The summed E-state index contributed by atoms with van der Waals surface area (Å²) in [5, 5.41) is 3.91. The van der Waals surface area contributed by atoms with Crippen molar-refractivity contribution in [2.45, 2.75) is 18.8 Å². The van der Waals surface area contributed by atoms with Gasteiger partial charge >= 0.3 is 6.18 Å². The van der Waals surface area contributed by atoms with Gasteiger partial charge in [-0.1, -0.05) is 0 Å². The van der Waals surface area contributed by atoms with Crippen molar-refractivity contribution in [1.82, 2.24) is 20.1 Å². The first-order valence-corrected chi connectivity index (χ1v) is 5.58. The second-order valence-corrected chi connectivity index (χ2v) is 4.27. The van der Waals surface area contributed by atoms with E-state index < -0.39 is 12.2 Å². The first kappa shape index (κ1) is 15.7. The average molecular weight is 281 g/mol. The molecule has 0 saturated carbocycles. The van der Waals surface area contributed by atoms with Crippen LogP contribution < -0.4 is 16.0 Å². The summed E-state index contributed by atoms with van der Waals surface area (Å²) in [6.07, 6.45) is -3.28. The quantitative estimate of drug-likeness (QED) is 0.588. The first-order valence-electron chi connectivity index (χ1n) is 5.58. The number of nitrogens with zero attached hydrogens (tertiary/aromatic N) is 3. The van der Waals surface area contributed by atoms with Gasteiger partial charge in [-0.15, -0.1) is 0 Å². The molecule has 0 saturated heterocycles. The number of rotatable bonds is 6. The van der Waals surface area contributed by atoms with Crippen molar-refractivity contribution in [2.24, 2.45) is 5.84 Å². The number of methoxy groups -OCH3 is 1. The van der Waals surface area contributed by atoms with Crippen LogP contribution in [0.4, 0.5) is 13.2 Å². The average Bonchev–Trinajstić information content (AvgIpc) is 2.68. The zero-order valence-corrected chi connectivity index (χ0v) is 11.0. The Bertz CT molecular complexity index is 404. The second kappa shape index (κ2) is 6.22. The van der Waals surface area contributed by atoms with Gasteiger partial charge in [0, 0.05) is 6.54 Å². The maximum atomic E-state index is 12.9. The smallest absolute Gasteiger partial charge is 0.410 e. The number of ether oxygens (including phenoxy) is 1. The predicted molar refractivity (Wildman–Crippen MR) is 63.5 cm³/mol. The van der Waals surface area contributed by atoms with Crippen LogP contribution in [-0.2, 0) is 6.54 Å². The Morgan fingerprint density at radius 3 is 2.58 bits per heavy atom. The van der Waals surface area contributed by atoms with Crippen LogP contribution in [0.15, 0.2) is 6.20 Å². The number of hydrazine groups is 1. The fraction of sp³-hybridized carbons (Fsp3) is 0.700. The summed E-state index contributed by atoms with van der Waals surface area (Å²) in [7, 11) is 4.94. The lowest BCUT2D eigenvalue weighted by Crippen LogP contribution is -2.40. The summed E-state index contributed by atoms with van der Waals surface area (Å²) in [5.41, 5.74) is 1.64. The van der Waals surface area contributed by atoms with Gasteiger partial charge in [-0.2, -0.15) is 18.3 Å². The zero-order valence-electron chi connectivity index (χ0n) is 11.0. The molecule has 0 amide bonds. The molecule has 9 heteroatoms. The van der Waals surface area contributed by atoms with E-state index in [1.54, 1.807) is 5.43 Å². The minimum atomic E-state index is -4.53. The SMILES string of the molecule is COc1cnn(CCN(C)C)c1C(NN)C(F)(F)F. The van der Waals surface area contributed by atoms with Crippen LogP contribution in [0.25, 0.3) is 0 Å². The zero-order chi connectivity index (χ0) is 14.6. The Hall–Kier alpha value is -1.32. The highest BCUT2D eigenvalue weighted by Gasteiger charge is 2.44. The van der Waals surface area contributed by atoms with Crippen molar-refractivity contribution in [3.05, 3.63) is 11.9 Å². The number of nitrogens with two attached hydrogens (primary N) is 1. The topological polar surface area (TPSA) is 68.3 Å². The van der Waals surface area contributed by atoms with Gasteiger partial charge < -0.3 is 9.64 Å². The van der Waals surface area contributed by atoms with Gasteiger partial charge in [0.05, 0.1) is 19.9 Å². The summed E-state index contributed by atoms with van der Waals surface area (Å²) in [5.74, 6) is 5.08. The Morgan fingerprint density at radius 1 is 1.53 bits per heavy atom. The Labute approximate surface area is 109 Å². The molecule has 1 heterocycles. The van der Waals surface area contributed by atoms with Gasteiger partial charge in [0.1, 0.15) is 5.69 Å². The molecule has 0 aliphatic heterocycles. The fourth-order valence-electron chi connectivity index (χ4n) is 1.63. The second-order valence-electron chi connectivity index (χ2n) is 4.27. The van der Waals surface area contributed by atoms with Crippen LogP contribution >= 0.6 is 0 Å². The summed E-state index contributed by atoms with van der Waals surface area (Å²) in [6, 6.07) is -2.02. The molecule has 110 valence electrons. The van der Waals surface area contributed by atoms with Gasteiger partial charge in [0.25, 0.3) is 0 Å². The first-order chi connectivity index (χ1) is 8.81. The third-order valence-corrected chi connectivity index (χ3v) is 2.59. The number of likely N-dealkylation sites (N-methyl/N-ethyl adjacent to an activating group) is 1. The highest BCUT2D eigenvalue weighted by Crippen LogP contribution is 2.36. The molecule has 1 aromatic rings. The van der Waals surface area contributed by atoms with E-state index in [1.807, 2.05) is 19.0 Å². The molecule has 3 N–H and O–H groups in total. The fourth-order valence-corrected chi connectivity index (χ4v) is 1.63. The van der Waals surface area contributed by atoms with E-state index in [0.717, 1.165) is 0 Å². The summed E-state index contributed by atoms with van der Waals surface area (Å²) >= 11 is 0. The molecular formula is C10H18F3N5O. The monoisotopic (exact) mass is 281 g/mol. The summed E-state index contributed by atoms with van der Waals surface area (Å²) in [6.45, 7) is 0.854. The maximum Gasteiger partial charge on any atom is 0.410 e. The molecule has 6 nitrogen and oxygen atoms in total. The van der Waals surface area contributed by atoms with Gasteiger partial charge in [0.15, 0.2) is 11.8 Å². The molecule has 1 atom stereocenters. The highest BCUT2D eigenvalue weighted by molar-refractivity contribution is 5.29. The van der Waals surface area contributed by atoms with E-state index in [1.165, 1.54) is 18.0 Å². The number of hydrogen-bond donors (Lipinski definition) is 2. The van der Waals surface area contributed by atoms with E-state index in [4.69, 9.17) is 10.6 Å². The largest absolute Gasteiger partial charge is 0.493 e. The van der Waals surface area contributed by atoms with Crippen LogP contribution in [0.1, 0.15) is 11.7 Å². The lowest BCUT2D eigenvalue weighted by Gasteiger charge is -2.22. The van der Waals surface area contributed by atoms with Crippen LogP contribution in [0, 0.1) is 0 Å². The van der Waals surface area contributed by atoms with Crippen molar-refractivity contribution in [3.8, 4) is 5.75 Å². The number of nitrogens with one attached hydrogen (secondary N) is 1. The summed E-state index contributed by atoms with van der Waals surface area (Å²) in [4.78, 5) is 1.84. The van der Waals surface area contributed by atoms with Gasteiger partial charge in [-0.05, 0) is 14.1 Å². The number of halogens is 3. The predicted octanol–water partition coefficient (Wildman–Crippen LogP) is 0.520. The number of hydrogen-bond acceptors (Lipinski definition) is 5. The van der Waals surface area contributed by atoms with E-state index in [-0.39, 0.29) is 11.4 Å². The molecule has 0 aromatic carbocycles. The molecule has 0 aliphatic carbocycles. The third-order valence-electron chi connectivity index (χ3n) is 2.59. The summed E-state index contributed by atoms with van der Waals surface area (Å²) < 4.78 is 45.0. The van der Waals surface area contributed by atoms with Crippen LogP contribution in [0.2, 0.25) is 0 Å². The molecule has 1 aromatic heterocycles. The van der Waals surface area contributed by atoms with Crippen molar-refractivity contribution in [2.75, 3.05) is 27.7 Å². The van der Waals surface area contributed by atoms with Crippen molar-refractivity contribution in [1.29, 1.82) is 0 Å². The molecular weight excluding hydrogens is 263 g/mol. The van der Waals surface area contributed by atoms with Gasteiger partial charge in [0.2, 0.25) is 0 Å². The van der Waals surface area contributed by atoms with E-state index >= 15 is 0 Å². The molecule has 0 bridgehead atoms. The molecule has 0 fully saturated rings. The Morgan fingerprint density at radius 2 is 2.16 bits per heavy atom. The van der Waals surface area contributed by atoms with E-state index in [2.05, 4.69) is 5.10 Å². The standard InChI is InChI=1S/C10H18F3N5O/c1-17(2)4-5-18-8(7(19-3)6-15-18)9(16-14)10(11,12)13/h6,9,16H,4-5,14H2,1-3H3. The number of aromatic nitrogens is 2. The lowest BCUT2D eigenvalue weighted by molar-refractivity contribution is -0.159. The molecule has 0 spiro atoms. The van der Waals surface area contributed by atoms with Crippen LogP contribution in [-0.4, -0.2) is 48.6 Å². The molecule has 19 heavy (non-hydrogen) atoms. The molecule has 0 radical (unpaired) electrons. The van der Waals surface area contributed by atoms with Crippen LogP contribution in [0.5, 0.6) is 5.75 Å². The lowest BCUT2D eigenvalue weighted by atomic mass is 10.2. The Kier molecular flexibility index (Phi) is 5.15. The van der Waals surface area contributed by atoms with E-state index in [9.17, 15) is 13.2 Å². The molecule has 0 aliphatic rings. The minimum Gasteiger partial charge on any atom is -0.493 e. The van der Waals surface area contributed by atoms with Crippen molar-refractivity contribution < 1.29 is 17.9 Å². The maximum absolute atomic E-state index is 12.9. The van der Waals surface area contributed by atoms with Crippen molar-refractivity contribution >= 4 is 0 Å². The van der Waals surface area contributed by atoms with E-state index in [0.29, 0.717) is 13.1 Å². The number of alkyl halides is 3. The normalized spacial score (nSPS) is 13.9. The molecule has 1 unspecified atom stereocenters. The van der Waals surface area contributed by atoms with Gasteiger partial charge in [-0.3, -0.25) is 10.5 Å². The third kappa shape index (κ3) is 3.82. The highest BCUT2D eigenvalue weighted by atomic mass is 19.4. The minimum absolute atomic E-state index is 0.0547.